The topological polar surface area (TPSA) is 6.48 Å². The van der Waals surface area contributed by atoms with Crippen molar-refractivity contribution in [1.82, 2.24) is 9.80 Å². The van der Waals surface area contributed by atoms with Crippen LogP contribution in [0, 0.1) is 11.8 Å². The third-order valence-electron chi connectivity index (χ3n) is 4.00. The summed E-state index contributed by atoms with van der Waals surface area (Å²) in [6.45, 7) is 12.7. The molecule has 0 aliphatic heterocycles. The highest BCUT2D eigenvalue weighted by Crippen LogP contribution is 2.05. The Balaban J connectivity index is 1.88. The summed E-state index contributed by atoms with van der Waals surface area (Å²) in [5, 5.41) is 0. The number of hydrogen-bond acceptors (Lipinski definition) is 2. The second-order valence-electron chi connectivity index (χ2n) is 6.24. The van der Waals surface area contributed by atoms with Crippen LogP contribution in [0.2, 0.25) is 0 Å². The molecule has 2 heteroatoms. The van der Waals surface area contributed by atoms with E-state index in [0.717, 1.165) is 39.3 Å². The van der Waals surface area contributed by atoms with Gasteiger partial charge >= 0.3 is 0 Å². The van der Waals surface area contributed by atoms with E-state index in [1.165, 1.54) is 11.1 Å². The van der Waals surface area contributed by atoms with Crippen LogP contribution in [0.4, 0.5) is 0 Å². The van der Waals surface area contributed by atoms with E-state index in [1.807, 2.05) is 24.3 Å². The highest BCUT2D eigenvalue weighted by molar-refractivity contribution is 5.16. The second kappa shape index (κ2) is 11.9. The molecule has 0 aromatic heterocycles. The Bertz CT molecular complexity index is 649. The molecule has 0 unspecified atom stereocenters. The second-order valence-corrected chi connectivity index (χ2v) is 6.24. The van der Waals surface area contributed by atoms with Crippen molar-refractivity contribution in [3.63, 3.8) is 0 Å². The molecule has 0 atom stereocenters. The van der Waals surface area contributed by atoms with Gasteiger partial charge in [0.25, 0.3) is 0 Å². The average molecular weight is 345 g/mol. The van der Waals surface area contributed by atoms with E-state index in [2.05, 4.69) is 83.3 Å². The van der Waals surface area contributed by atoms with E-state index < -0.39 is 0 Å². The van der Waals surface area contributed by atoms with Crippen LogP contribution in [-0.2, 0) is 13.1 Å². The molecular weight excluding hydrogens is 316 g/mol. The molecule has 0 radical (unpaired) electrons. The molecule has 0 heterocycles. The van der Waals surface area contributed by atoms with E-state index in [-0.39, 0.29) is 0 Å². The normalized spacial score (nSPS) is 10.4. The fourth-order valence-electron chi connectivity index (χ4n) is 2.75. The molecule has 0 amide bonds. The van der Waals surface area contributed by atoms with Gasteiger partial charge in [0.1, 0.15) is 0 Å². The lowest BCUT2D eigenvalue weighted by molar-refractivity contribution is 0.327. The van der Waals surface area contributed by atoms with Crippen molar-refractivity contribution in [3.05, 3.63) is 97.1 Å². The Morgan fingerprint density at radius 1 is 0.654 bits per heavy atom. The van der Waals surface area contributed by atoms with E-state index in [1.54, 1.807) is 0 Å². The van der Waals surface area contributed by atoms with Crippen LogP contribution in [0.25, 0.3) is 0 Å². The molecular formula is C24H28N2. The van der Waals surface area contributed by atoms with Gasteiger partial charge in [0, 0.05) is 26.2 Å². The van der Waals surface area contributed by atoms with Crippen molar-refractivity contribution < 1.29 is 0 Å². The molecule has 2 rings (SSSR count). The third kappa shape index (κ3) is 7.53. The first-order chi connectivity index (χ1) is 12.8. The Labute approximate surface area is 158 Å². The molecule has 0 bridgehead atoms. The van der Waals surface area contributed by atoms with E-state index in [9.17, 15) is 0 Å². The van der Waals surface area contributed by atoms with Crippen LogP contribution in [0.3, 0.4) is 0 Å². The van der Waals surface area contributed by atoms with Crippen molar-refractivity contribution in [2.45, 2.75) is 13.1 Å². The van der Waals surface area contributed by atoms with E-state index in [0.29, 0.717) is 0 Å². The molecule has 0 fully saturated rings. The van der Waals surface area contributed by atoms with E-state index in [4.69, 9.17) is 0 Å². The van der Waals surface area contributed by atoms with Gasteiger partial charge in [-0.05, 0) is 11.1 Å². The zero-order valence-corrected chi connectivity index (χ0v) is 15.5. The Morgan fingerprint density at radius 3 is 1.38 bits per heavy atom. The van der Waals surface area contributed by atoms with Crippen LogP contribution < -0.4 is 0 Å². The van der Waals surface area contributed by atoms with Gasteiger partial charge in [-0.15, -0.1) is 13.2 Å². The number of benzene rings is 2. The summed E-state index contributed by atoms with van der Waals surface area (Å²) in [5.41, 5.74) is 2.60. The minimum atomic E-state index is 0.744. The molecule has 0 saturated heterocycles. The fraction of sp³-hybridized carbons (Fsp3) is 0.250. The minimum Gasteiger partial charge on any atom is -0.284 e. The first kappa shape index (κ1) is 19.7. The molecule has 2 nitrogen and oxygen atoms in total. The highest BCUT2D eigenvalue weighted by Gasteiger charge is 2.03. The van der Waals surface area contributed by atoms with Gasteiger partial charge in [-0.3, -0.25) is 9.80 Å². The quantitative estimate of drug-likeness (QED) is 0.466. The predicted molar refractivity (Wildman–Crippen MR) is 112 cm³/mol. The van der Waals surface area contributed by atoms with Crippen LogP contribution >= 0.6 is 0 Å². The summed E-state index contributed by atoms with van der Waals surface area (Å²) in [6.07, 6.45) is 3.87. The standard InChI is InChI=1S/C24H28N2/c1-3-17-25(21-23-13-7-5-8-14-23)19-11-12-20-26(18-4-2)22-24-15-9-6-10-16-24/h3-10,13-16H,1-2,17-22H2. The van der Waals surface area contributed by atoms with Crippen LogP contribution in [0.1, 0.15) is 11.1 Å². The first-order valence-corrected chi connectivity index (χ1v) is 9.02. The van der Waals surface area contributed by atoms with Crippen molar-refractivity contribution in [1.29, 1.82) is 0 Å². The monoisotopic (exact) mass is 344 g/mol. The van der Waals surface area contributed by atoms with E-state index >= 15 is 0 Å². The van der Waals surface area contributed by atoms with Gasteiger partial charge in [0.15, 0.2) is 0 Å². The summed E-state index contributed by atoms with van der Waals surface area (Å²) in [7, 11) is 0. The van der Waals surface area contributed by atoms with Gasteiger partial charge < -0.3 is 0 Å². The molecule has 2 aromatic rings. The molecule has 0 aliphatic carbocycles. The lowest BCUT2D eigenvalue weighted by atomic mass is 10.2. The van der Waals surface area contributed by atoms with Crippen molar-refractivity contribution in [2.75, 3.05) is 26.2 Å². The Hall–Kier alpha value is -2.60. The number of rotatable bonds is 10. The SMILES string of the molecule is C=CCN(CC#CCN(CC=C)Cc1ccccc1)Cc1ccccc1. The summed E-state index contributed by atoms with van der Waals surface area (Å²) in [5.74, 6) is 6.63. The average Bonchev–Trinajstić information content (AvgIpc) is 2.67. The first-order valence-electron chi connectivity index (χ1n) is 9.02. The Kier molecular flexibility index (Phi) is 9.00. The maximum atomic E-state index is 3.86. The lowest BCUT2D eigenvalue weighted by Crippen LogP contribution is -2.25. The summed E-state index contributed by atoms with van der Waals surface area (Å²) >= 11 is 0. The van der Waals surface area contributed by atoms with Gasteiger partial charge in [0.05, 0.1) is 13.1 Å². The fourth-order valence-corrected chi connectivity index (χ4v) is 2.75. The summed E-state index contributed by atoms with van der Waals surface area (Å²) in [4.78, 5) is 4.59. The van der Waals surface area contributed by atoms with Gasteiger partial charge in [-0.2, -0.15) is 0 Å². The largest absolute Gasteiger partial charge is 0.284 e. The summed E-state index contributed by atoms with van der Waals surface area (Å²) < 4.78 is 0. The molecule has 0 spiro atoms. The zero-order chi connectivity index (χ0) is 18.5. The number of hydrogen-bond donors (Lipinski definition) is 0. The molecule has 0 aliphatic rings. The molecule has 2 aromatic carbocycles. The number of nitrogens with zero attached hydrogens (tertiary/aromatic N) is 2. The molecule has 0 N–H and O–H groups in total. The Morgan fingerprint density at radius 2 is 1.04 bits per heavy atom. The maximum absolute atomic E-state index is 3.86. The summed E-state index contributed by atoms with van der Waals surface area (Å²) in [6, 6.07) is 21.0. The highest BCUT2D eigenvalue weighted by atomic mass is 15.1. The van der Waals surface area contributed by atoms with Crippen molar-refractivity contribution in [2.24, 2.45) is 0 Å². The lowest BCUT2D eigenvalue weighted by Gasteiger charge is -2.19. The maximum Gasteiger partial charge on any atom is 0.0607 e. The van der Waals surface area contributed by atoms with Crippen molar-refractivity contribution >= 4 is 0 Å². The van der Waals surface area contributed by atoms with Gasteiger partial charge in [-0.25, -0.2) is 0 Å². The van der Waals surface area contributed by atoms with Gasteiger partial charge in [0.2, 0.25) is 0 Å². The predicted octanol–water partition coefficient (Wildman–Crippen LogP) is 4.37. The zero-order valence-electron chi connectivity index (χ0n) is 15.5. The molecule has 134 valence electrons. The van der Waals surface area contributed by atoms with Gasteiger partial charge in [-0.1, -0.05) is 84.7 Å². The van der Waals surface area contributed by atoms with Crippen molar-refractivity contribution in [3.8, 4) is 11.8 Å². The van der Waals surface area contributed by atoms with Crippen LogP contribution in [0.15, 0.2) is 86.0 Å². The third-order valence-corrected chi connectivity index (χ3v) is 4.00. The molecule has 0 saturated carbocycles. The van der Waals surface area contributed by atoms with Crippen LogP contribution in [0.5, 0.6) is 0 Å². The molecule has 26 heavy (non-hydrogen) atoms. The van der Waals surface area contributed by atoms with Crippen LogP contribution in [-0.4, -0.2) is 36.0 Å². The smallest absolute Gasteiger partial charge is 0.0607 e. The minimum absolute atomic E-state index is 0.744.